The van der Waals surface area contributed by atoms with Crippen molar-refractivity contribution in [3.8, 4) is 44.9 Å². The Morgan fingerprint density at radius 2 is 0.776 bits per heavy atom. The second-order valence-electron chi connectivity index (χ2n) is 17.7. The van der Waals surface area contributed by atoms with Crippen LogP contribution in [0.2, 0.25) is 0 Å². The summed E-state index contributed by atoms with van der Waals surface area (Å²) in [5.74, 6) is 1.81. The van der Waals surface area contributed by atoms with Crippen molar-refractivity contribution in [2.45, 2.75) is 50.9 Å². The third-order valence-electron chi connectivity index (χ3n) is 14.1. The molecule has 0 aromatic heterocycles. The predicted molar refractivity (Wildman–Crippen MR) is 238 cm³/mol. The van der Waals surface area contributed by atoms with Crippen LogP contribution in [0, 0.1) is 6.92 Å². The van der Waals surface area contributed by atoms with Gasteiger partial charge in [0.15, 0.2) is 0 Å². The second kappa shape index (κ2) is 11.5. The fourth-order valence-electron chi connectivity index (χ4n) is 11.3. The van der Waals surface area contributed by atoms with E-state index in [1.807, 2.05) is 0 Å². The maximum Gasteiger partial charge on any atom is 0.132 e. The van der Waals surface area contributed by atoms with E-state index in [4.69, 9.17) is 4.74 Å². The van der Waals surface area contributed by atoms with Crippen molar-refractivity contribution >= 4 is 17.1 Å². The van der Waals surface area contributed by atoms with E-state index in [1.165, 1.54) is 89.1 Å². The van der Waals surface area contributed by atoms with E-state index in [9.17, 15) is 0 Å². The minimum absolute atomic E-state index is 0.136. The molecule has 0 fully saturated rings. The number of benzene rings is 8. The lowest BCUT2D eigenvalue weighted by atomic mass is 9.66. The summed E-state index contributed by atoms with van der Waals surface area (Å²) in [4.78, 5) is 2.54. The van der Waals surface area contributed by atoms with Gasteiger partial charge < -0.3 is 9.64 Å². The number of nitrogens with zero attached hydrogens (tertiary/aromatic N) is 1. The molecule has 0 amide bonds. The highest BCUT2D eigenvalue weighted by molar-refractivity contribution is 5.93. The molecule has 0 atom stereocenters. The van der Waals surface area contributed by atoms with E-state index in [2.05, 4.69) is 209 Å². The van der Waals surface area contributed by atoms with Gasteiger partial charge >= 0.3 is 0 Å². The first kappa shape index (κ1) is 33.5. The Morgan fingerprint density at radius 1 is 0.362 bits per heavy atom. The number of fused-ring (bicyclic) bond motifs is 15. The van der Waals surface area contributed by atoms with Crippen LogP contribution in [-0.2, 0) is 16.2 Å². The molecule has 1 aliphatic heterocycles. The number of aryl methyl sites for hydroxylation is 1. The van der Waals surface area contributed by atoms with Gasteiger partial charge in [0.2, 0.25) is 0 Å². The van der Waals surface area contributed by atoms with E-state index in [-0.39, 0.29) is 10.8 Å². The van der Waals surface area contributed by atoms with Crippen molar-refractivity contribution in [1.82, 2.24) is 0 Å². The average Bonchev–Trinajstić information content (AvgIpc) is 3.75. The van der Waals surface area contributed by atoms with E-state index >= 15 is 0 Å². The molecule has 1 spiro atoms. The summed E-state index contributed by atoms with van der Waals surface area (Å²) in [7, 11) is 0. The molecular formula is C56H43NO. The Labute approximate surface area is 341 Å². The van der Waals surface area contributed by atoms with Gasteiger partial charge in [-0.1, -0.05) is 149 Å². The predicted octanol–water partition coefficient (Wildman–Crippen LogP) is 14.5. The van der Waals surface area contributed by atoms with Crippen LogP contribution < -0.4 is 9.64 Å². The molecule has 4 aliphatic rings. The minimum atomic E-state index is -0.558. The van der Waals surface area contributed by atoms with Crippen LogP contribution in [0.25, 0.3) is 33.4 Å². The van der Waals surface area contributed by atoms with E-state index < -0.39 is 5.41 Å². The average molecular weight is 746 g/mol. The van der Waals surface area contributed by atoms with Gasteiger partial charge in [0.1, 0.15) is 11.5 Å². The molecule has 3 aliphatic carbocycles. The van der Waals surface area contributed by atoms with Crippen LogP contribution in [0.15, 0.2) is 170 Å². The smallest absolute Gasteiger partial charge is 0.132 e. The summed E-state index contributed by atoms with van der Waals surface area (Å²) in [6, 6.07) is 63.5. The summed E-state index contributed by atoms with van der Waals surface area (Å²) in [6.45, 7) is 11.8. The largest absolute Gasteiger partial charge is 0.457 e. The Morgan fingerprint density at radius 3 is 1.36 bits per heavy atom. The van der Waals surface area contributed by atoms with Crippen molar-refractivity contribution < 1.29 is 4.74 Å². The van der Waals surface area contributed by atoms with Crippen molar-refractivity contribution in [2.75, 3.05) is 4.90 Å². The molecule has 1 heterocycles. The number of para-hydroxylation sites is 2. The maximum atomic E-state index is 6.69. The minimum Gasteiger partial charge on any atom is -0.457 e. The van der Waals surface area contributed by atoms with Crippen LogP contribution >= 0.6 is 0 Å². The highest BCUT2D eigenvalue weighted by Crippen LogP contribution is 2.63. The first-order chi connectivity index (χ1) is 28.2. The Bertz CT molecular complexity index is 3030. The maximum absolute atomic E-state index is 6.69. The van der Waals surface area contributed by atoms with Gasteiger partial charge in [-0.15, -0.1) is 0 Å². The molecule has 0 N–H and O–H groups in total. The quantitative estimate of drug-likeness (QED) is 0.179. The summed E-state index contributed by atoms with van der Waals surface area (Å²) < 4.78 is 6.69. The normalized spacial score (nSPS) is 15.9. The van der Waals surface area contributed by atoms with E-state index in [0.717, 1.165) is 22.9 Å². The molecule has 58 heavy (non-hydrogen) atoms. The molecule has 0 radical (unpaired) electrons. The number of ether oxygens (including phenoxy) is 1. The summed E-state index contributed by atoms with van der Waals surface area (Å²) >= 11 is 0. The first-order valence-corrected chi connectivity index (χ1v) is 20.6. The number of anilines is 3. The standard InChI is InChI=1S/C56H43NO/c1-34-30-42-39-18-7-10-20-44(39)55(4,5)49(42)33-51(34)57(35-26-28-40-37-16-6-9-19-43(37)54(2,3)48(40)31-35)36-27-29-41-38-17-8-11-21-45(38)56(50(41)32-36)46-22-12-14-24-52(46)58-53-25-15-13-23-47(53)56/h6-33H,1-5H3. The molecule has 0 saturated carbocycles. The monoisotopic (exact) mass is 745 g/mol. The second-order valence-corrected chi connectivity index (χ2v) is 17.7. The zero-order chi connectivity index (χ0) is 39.1. The summed E-state index contributed by atoms with van der Waals surface area (Å²) in [5, 5.41) is 0. The van der Waals surface area contributed by atoms with Gasteiger partial charge in [-0.25, -0.2) is 0 Å². The zero-order valence-electron chi connectivity index (χ0n) is 33.5. The molecule has 8 aromatic rings. The Balaban J connectivity index is 1.14. The topological polar surface area (TPSA) is 12.5 Å². The van der Waals surface area contributed by atoms with Crippen molar-refractivity contribution in [3.05, 3.63) is 220 Å². The number of rotatable bonds is 3. The van der Waals surface area contributed by atoms with Crippen LogP contribution in [0.3, 0.4) is 0 Å². The lowest BCUT2D eigenvalue weighted by Crippen LogP contribution is -2.32. The molecule has 12 rings (SSSR count). The lowest BCUT2D eigenvalue weighted by Gasteiger charge is -2.39. The molecule has 2 heteroatoms. The van der Waals surface area contributed by atoms with Gasteiger partial charge in [0.25, 0.3) is 0 Å². The highest BCUT2D eigenvalue weighted by Gasteiger charge is 2.51. The number of hydrogen-bond acceptors (Lipinski definition) is 2. The third kappa shape index (κ3) is 4.17. The summed E-state index contributed by atoms with van der Waals surface area (Å²) in [5.41, 5.74) is 22.2. The van der Waals surface area contributed by atoms with Crippen molar-refractivity contribution in [1.29, 1.82) is 0 Å². The molecule has 2 nitrogen and oxygen atoms in total. The lowest BCUT2D eigenvalue weighted by molar-refractivity contribution is 0.436. The third-order valence-corrected chi connectivity index (χ3v) is 14.1. The molecule has 278 valence electrons. The van der Waals surface area contributed by atoms with Gasteiger partial charge in [-0.05, 0) is 128 Å². The fourth-order valence-corrected chi connectivity index (χ4v) is 11.3. The SMILES string of the molecule is Cc1cc2c(cc1N(c1ccc3c(c1)C(C)(C)c1ccccc1-3)c1ccc3c(c1)C1(c4ccccc4Oc4ccccc41)c1ccccc1-3)C(C)(C)c1ccccc1-2. The number of hydrogen-bond donors (Lipinski definition) is 0. The zero-order valence-corrected chi connectivity index (χ0v) is 33.5. The van der Waals surface area contributed by atoms with Crippen molar-refractivity contribution in [3.63, 3.8) is 0 Å². The van der Waals surface area contributed by atoms with E-state index in [0.29, 0.717) is 0 Å². The van der Waals surface area contributed by atoms with Crippen LogP contribution in [-0.4, -0.2) is 0 Å². The van der Waals surface area contributed by atoms with Crippen molar-refractivity contribution in [2.24, 2.45) is 0 Å². The molecular weight excluding hydrogens is 703 g/mol. The highest BCUT2D eigenvalue weighted by atomic mass is 16.5. The molecule has 0 bridgehead atoms. The van der Waals surface area contributed by atoms with Gasteiger partial charge in [-0.3, -0.25) is 0 Å². The van der Waals surface area contributed by atoms with Gasteiger partial charge in [-0.2, -0.15) is 0 Å². The molecule has 8 aromatic carbocycles. The van der Waals surface area contributed by atoms with E-state index in [1.54, 1.807) is 0 Å². The van der Waals surface area contributed by atoms with Crippen LogP contribution in [0.4, 0.5) is 17.1 Å². The van der Waals surface area contributed by atoms with Crippen LogP contribution in [0.1, 0.15) is 77.8 Å². The molecule has 0 unspecified atom stereocenters. The summed E-state index contributed by atoms with van der Waals surface area (Å²) in [6.07, 6.45) is 0. The van der Waals surface area contributed by atoms with Gasteiger partial charge in [0.05, 0.1) is 5.41 Å². The Kier molecular flexibility index (Phi) is 6.63. The Hall–Kier alpha value is -6.64. The van der Waals surface area contributed by atoms with Crippen LogP contribution in [0.5, 0.6) is 11.5 Å². The van der Waals surface area contributed by atoms with Gasteiger partial charge in [0, 0.05) is 39.0 Å². The molecule has 0 saturated heterocycles. The fraction of sp³-hybridized carbons (Fsp3) is 0.143. The first-order valence-electron chi connectivity index (χ1n) is 20.6.